The molecule has 1 aromatic carbocycles. The van der Waals surface area contributed by atoms with Gasteiger partial charge in [0.25, 0.3) is 6.43 Å². The van der Waals surface area contributed by atoms with Crippen LogP contribution in [0.2, 0.25) is 0 Å². The van der Waals surface area contributed by atoms with E-state index in [-0.39, 0.29) is 23.9 Å². The zero-order valence-electron chi connectivity index (χ0n) is 10.1. The van der Waals surface area contributed by atoms with Crippen LogP contribution in [0.3, 0.4) is 0 Å². The van der Waals surface area contributed by atoms with Crippen LogP contribution < -0.4 is 11.1 Å². The summed E-state index contributed by atoms with van der Waals surface area (Å²) in [6.45, 7) is -0.697. The molecule has 0 atom stereocenters. The third-order valence-electron chi connectivity index (χ3n) is 2.17. The second-order valence-corrected chi connectivity index (χ2v) is 4.15. The smallest absolute Gasteiger partial charge is 0.261 e. The van der Waals surface area contributed by atoms with Gasteiger partial charge in [-0.15, -0.1) is 0 Å². The summed E-state index contributed by atoms with van der Waals surface area (Å²) in [4.78, 5) is 11.7. The normalized spacial score (nSPS) is 10.5. The largest absolute Gasteiger partial charge is 0.389 e. The van der Waals surface area contributed by atoms with Crippen molar-refractivity contribution in [2.45, 2.75) is 12.8 Å². The molecule has 0 fully saturated rings. The topological polar surface area (TPSA) is 64.3 Å². The van der Waals surface area contributed by atoms with E-state index in [4.69, 9.17) is 18.0 Å². The quantitative estimate of drug-likeness (QED) is 0.594. The number of hydrogen-bond donors (Lipinski definition) is 2. The highest BCUT2D eigenvalue weighted by atomic mass is 32.1. The second kappa shape index (κ2) is 7.75. The monoisotopic (exact) mass is 288 g/mol. The molecule has 1 aromatic rings. The molecule has 3 N–H and O–H groups in total. The van der Waals surface area contributed by atoms with Gasteiger partial charge in [0.1, 0.15) is 11.6 Å². The first kappa shape index (κ1) is 15.5. The van der Waals surface area contributed by atoms with Crippen molar-refractivity contribution in [1.29, 1.82) is 0 Å². The lowest BCUT2D eigenvalue weighted by Gasteiger charge is -2.06. The van der Waals surface area contributed by atoms with Crippen molar-refractivity contribution in [1.82, 2.24) is 0 Å². The van der Waals surface area contributed by atoms with Crippen LogP contribution in [0.4, 0.5) is 14.5 Å². The van der Waals surface area contributed by atoms with Crippen molar-refractivity contribution in [3.63, 3.8) is 0 Å². The molecule has 0 heterocycles. The number of nitrogens with two attached hydrogens (primary N) is 1. The maximum Gasteiger partial charge on any atom is 0.261 e. The molecule has 4 nitrogen and oxygen atoms in total. The second-order valence-electron chi connectivity index (χ2n) is 3.71. The number of carbonyl (C=O) groups excluding carboxylic acids is 1. The number of thiocarbonyl (C=S) groups is 1. The van der Waals surface area contributed by atoms with Crippen LogP contribution in [-0.2, 0) is 9.53 Å². The van der Waals surface area contributed by atoms with Gasteiger partial charge in [-0.1, -0.05) is 12.2 Å². The summed E-state index contributed by atoms with van der Waals surface area (Å²) < 4.78 is 28.1. The summed E-state index contributed by atoms with van der Waals surface area (Å²) in [7, 11) is 0. The van der Waals surface area contributed by atoms with Gasteiger partial charge in [0, 0.05) is 11.3 Å². The standard InChI is InChI=1S/C12H14F2N2O2S/c13-10(14)7-18-6-5-11(17)16-9-3-1-8(2-4-9)12(15)19/h1-4,10H,5-7H2,(H2,15,19)(H,16,17). The number of carbonyl (C=O) groups is 1. The van der Waals surface area contributed by atoms with E-state index in [9.17, 15) is 13.6 Å². The molecule has 0 radical (unpaired) electrons. The Labute approximate surface area is 114 Å². The lowest BCUT2D eigenvalue weighted by atomic mass is 10.2. The van der Waals surface area contributed by atoms with Gasteiger partial charge in [-0.3, -0.25) is 4.79 Å². The molecule has 0 aliphatic rings. The Morgan fingerprint density at radius 1 is 1.37 bits per heavy atom. The number of halogens is 2. The zero-order chi connectivity index (χ0) is 14.3. The van der Waals surface area contributed by atoms with Crippen LogP contribution in [0.15, 0.2) is 24.3 Å². The first-order valence-electron chi connectivity index (χ1n) is 5.54. The summed E-state index contributed by atoms with van der Waals surface area (Å²) in [5.74, 6) is -0.308. The van der Waals surface area contributed by atoms with Crippen LogP contribution in [0.5, 0.6) is 0 Å². The van der Waals surface area contributed by atoms with Crippen molar-refractivity contribution in [2.75, 3.05) is 18.5 Å². The number of rotatable bonds is 7. The van der Waals surface area contributed by atoms with E-state index in [2.05, 4.69) is 10.1 Å². The molecule has 104 valence electrons. The van der Waals surface area contributed by atoms with E-state index in [0.717, 1.165) is 0 Å². The highest BCUT2D eigenvalue weighted by molar-refractivity contribution is 7.80. The Kier molecular flexibility index (Phi) is 6.31. The Morgan fingerprint density at radius 3 is 2.53 bits per heavy atom. The van der Waals surface area contributed by atoms with Gasteiger partial charge < -0.3 is 15.8 Å². The van der Waals surface area contributed by atoms with E-state index < -0.39 is 13.0 Å². The van der Waals surface area contributed by atoms with Crippen LogP contribution in [-0.4, -0.2) is 30.5 Å². The van der Waals surface area contributed by atoms with E-state index in [1.165, 1.54) is 0 Å². The lowest BCUT2D eigenvalue weighted by Crippen LogP contribution is -2.16. The molecule has 0 aromatic heterocycles. The van der Waals surface area contributed by atoms with Crippen LogP contribution in [0.1, 0.15) is 12.0 Å². The highest BCUT2D eigenvalue weighted by Crippen LogP contribution is 2.09. The Balaban J connectivity index is 2.34. The number of amides is 1. The number of anilines is 1. The zero-order valence-corrected chi connectivity index (χ0v) is 10.9. The van der Waals surface area contributed by atoms with E-state index >= 15 is 0 Å². The summed E-state index contributed by atoms with van der Waals surface area (Å²) in [6.07, 6.45) is -2.50. The average molecular weight is 288 g/mol. The molecule has 0 unspecified atom stereocenters. The molecular formula is C12H14F2N2O2S. The van der Waals surface area contributed by atoms with Gasteiger partial charge in [-0.05, 0) is 24.3 Å². The molecule has 0 saturated heterocycles. The van der Waals surface area contributed by atoms with E-state index in [1.807, 2.05) is 0 Å². The summed E-state index contributed by atoms with van der Waals surface area (Å²) in [5, 5.41) is 2.61. The Bertz CT molecular complexity index is 438. The number of ether oxygens (including phenoxy) is 1. The molecule has 1 amide bonds. The van der Waals surface area contributed by atoms with Gasteiger partial charge in [-0.25, -0.2) is 8.78 Å². The molecule has 0 saturated carbocycles. The minimum atomic E-state index is -2.52. The van der Waals surface area contributed by atoms with Gasteiger partial charge in [0.05, 0.1) is 13.0 Å². The van der Waals surface area contributed by atoms with Crippen LogP contribution >= 0.6 is 12.2 Å². The molecular weight excluding hydrogens is 274 g/mol. The highest BCUT2D eigenvalue weighted by Gasteiger charge is 2.05. The molecule has 1 rings (SSSR count). The third-order valence-corrected chi connectivity index (χ3v) is 2.41. The minimum Gasteiger partial charge on any atom is -0.389 e. The predicted octanol–water partition coefficient (Wildman–Crippen LogP) is 1.93. The molecule has 7 heteroatoms. The van der Waals surface area contributed by atoms with Crippen molar-refractivity contribution < 1.29 is 18.3 Å². The van der Waals surface area contributed by atoms with Gasteiger partial charge in [0.2, 0.25) is 5.91 Å². The fourth-order valence-electron chi connectivity index (χ4n) is 1.28. The van der Waals surface area contributed by atoms with Crippen LogP contribution in [0.25, 0.3) is 0 Å². The Hall–Kier alpha value is -1.60. The van der Waals surface area contributed by atoms with Gasteiger partial charge in [-0.2, -0.15) is 0 Å². The SMILES string of the molecule is NC(=S)c1ccc(NC(=O)CCOCC(F)F)cc1. The average Bonchev–Trinajstić information content (AvgIpc) is 2.35. The minimum absolute atomic E-state index is 0.0176. The van der Waals surface area contributed by atoms with Crippen molar-refractivity contribution in [3.05, 3.63) is 29.8 Å². The Morgan fingerprint density at radius 2 is 2.00 bits per heavy atom. The first-order chi connectivity index (χ1) is 8.99. The van der Waals surface area contributed by atoms with Crippen molar-refractivity contribution >= 4 is 28.8 Å². The van der Waals surface area contributed by atoms with E-state index in [1.54, 1.807) is 24.3 Å². The molecule has 19 heavy (non-hydrogen) atoms. The van der Waals surface area contributed by atoms with Crippen molar-refractivity contribution in [3.8, 4) is 0 Å². The molecule has 0 aliphatic heterocycles. The van der Waals surface area contributed by atoms with Crippen LogP contribution in [0, 0.1) is 0 Å². The van der Waals surface area contributed by atoms with Gasteiger partial charge >= 0.3 is 0 Å². The third kappa shape index (κ3) is 6.21. The van der Waals surface area contributed by atoms with Crippen molar-refractivity contribution in [2.24, 2.45) is 5.73 Å². The van der Waals surface area contributed by atoms with E-state index in [0.29, 0.717) is 11.3 Å². The summed E-state index contributed by atoms with van der Waals surface area (Å²) in [5.41, 5.74) is 6.72. The maximum absolute atomic E-state index is 11.8. The number of benzene rings is 1. The molecule has 0 aliphatic carbocycles. The molecule has 0 spiro atoms. The fourth-order valence-corrected chi connectivity index (χ4v) is 1.41. The number of hydrogen-bond acceptors (Lipinski definition) is 3. The maximum atomic E-state index is 11.8. The first-order valence-corrected chi connectivity index (χ1v) is 5.95. The molecule has 0 bridgehead atoms. The lowest BCUT2D eigenvalue weighted by molar-refractivity contribution is -0.117. The number of nitrogens with one attached hydrogen (secondary N) is 1. The van der Waals surface area contributed by atoms with Gasteiger partial charge in [0.15, 0.2) is 0 Å². The number of alkyl halides is 2. The fraction of sp³-hybridized carbons (Fsp3) is 0.333. The summed E-state index contributed by atoms with van der Waals surface area (Å²) >= 11 is 4.80. The predicted molar refractivity (Wildman–Crippen MR) is 72.4 cm³/mol. The summed E-state index contributed by atoms with van der Waals surface area (Å²) in [6, 6.07) is 6.69.